The smallest absolute Gasteiger partial charge is 0.195 e. The highest BCUT2D eigenvalue weighted by Gasteiger charge is 2.35. The number of phenols is 1. The van der Waals surface area contributed by atoms with Gasteiger partial charge in [-0.3, -0.25) is 4.79 Å². The molecular weight excluding hydrogens is 408 g/mol. The molecule has 0 heterocycles. The Kier molecular flexibility index (Phi) is 5.37. The zero-order valence-corrected chi connectivity index (χ0v) is 18.2. The van der Waals surface area contributed by atoms with Gasteiger partial charge < -0.3 is 9.84 Å². The van der Waals surface area contributed by atoms with Gasteiger partial charge in [0.15, 0.2) is 5.78 Å². The van der Waals surface area contributed by atoms with Crippen LogP contribution >= 0.6 is 0 Å². The van der Waals surface area contributed by atoms with Crippen molar-refractivity contribution < 1.29 is 14.6 Å². The molecular formula is C30H22O3. The van der Waals surface area contributed by atoms with Crippen LogP contribution < -0.4 is 4.74 Å². The predicted molar refractivity (Wildman–Crippen MR) is 133 cm³/mol. The summed E-state index contributed by atoms with van der Waals surface area (Å²) in [7, 11) is 1.64. The van der Waals surface area contributed by atoms with Crippen LogP contribution in [0, 0.1) is 0 Å². The van der Waals surface area contributed by atoms with Crippen molar-refractivity contribution in [2.45, 2.75) is 0 Å². The highest BCUT2D eigenvalue weighted by molar-refractivity contribution is 6.59. The number of allylic oxidation sites excluding steroid dienone is 4. The van der Waals surface area contributed by atoms with E-state index in [1.165, 1.54) is 0 Å². The average Bonchev–Trinajstić information content (AvgIpc) is 3.18. The van der Waals surface area contributed by atoms with Gasteiger partial charge in [0.1, 0.15) is 11.5 Å². The molecule has 0 aliphatic heterocycles. The highest BCUT2D eigenvalue weighted by atomic mass is 16.5. The molecule has 1 aliphatic carbocycles. The Labute approximate surface area is 192 Å². The molecule has 33 heavy (non-hydrogen) atoms. The number of ether oxygens (including phenoxy) is 1. The fraction of sp³-hybridized carbons (Fsp3) is 0.0333. The van der Waals surface area contributed by atoms with Gasteiger partial charge in [-0.2, -0.15) is 0 Å². The predicted octanol–water partition coefficient (Wildman–Crippen LogP) is 6.51. The fourth-order valence-corrected chi connectivity index (χ4v) is 4.33. The summed E-state index contributed by atoms with van der Waals surface area (Å²) in [5.41, 5.74) is 6.59. The fourth-order valence-electron chi connectivity index (χ4n) is 4.33. The molecule has 0 radical (unpaired) electrons. The minimum atomic E-state index is -0.0127. The lowest BCUT2D eigenvalue weighted by molar-refractivity contribution is -0.108. The van der Waals surface area contributed by atoms with E-state index in [2.05, 4.69) is 0 Å². The van der Waals surface area contributed by atoms with Crippen LogP contribution in [0.5, 0.6) is 11.5 Å². The number of Topliss-reactive ketones (excluding diaryl/α,β-unsaturated/α-hetero) is 1. The number of aromatic hydroxyl groups is 1. The molecule has 0 amide bonds. The minimum Gasteiger partial charge on any atom is -0.508 e. The second kappa shape index (κ2) is 8.64. The molecule has 4 aromatic rings. The number of carbonyl (C=O) groups is 1. The van der Waals surface area contributed by atoms with Crippen molar-refractivity contribution in [1.82, 2.24) is 0 Å². The zero-order valence-electron chi connectivity index (χ0n) is 18.2. The van der Waals surface area contributed by atoms with Crippen molar-refractivity contribution in [2.75, 3.05) is 7.11 Å². The van der Waals surface area contributed by atoms with Crippen LogP contribution in [-0.2, 0) is 4.79 Å². The van der Waals surface area contributed by atoms with Crippen LogP contribution in [0.25, 0.3) is 22.3 Å². The first kappa shape index (κ1) is 20.5. The van der Waals surface area contributed by atoms with Crippen LogP contribution in [0.2, 0.25) is 0 Å². The molecule has 0 fully saturated rings. The molecule has 0 atom stereocenters. The second-order valence-electron chi connectivity index (χ2n) is 7.84. The topological polar surface area (TPSA) is 46.5 Å². The lowest BCUT2D eigenvalue weighted by Gasteiger charge is -2.14. The van der Waals surface area contributed by atoms with Gasteiger partial charge in [-0.1, -0.05) is 84.9 Å². The first-order valence-electron chi connectivity index (χ1n) is 10.8. The summed E-state index contributed by atoms with van der Waals surface area (Å²) in [5.74, 6) is 0.924. The van der Waals surface area contributed by atoms with Gasteiger partial charge >= 0.3 is 0 Å². The summed E-state index contributed by atoms with van der Waals surface area (Å²) >= 11 is 0. The van der Waals surface area contributed by atoms with Crippen LogP contribution in [0.3, 0.4) is 0 Å². The largest absolute Gasteiger partial charge is 0.508 e. The quantitative estimate of drug-likeness (QED) is 0.393. The summed E-state index contributed by atoms with van der Waals surface area (Å²) in [6.07, 6.45) is 0. The number of hydrogen-bond acceptors (Lipinski definition) is 3. The van der Waals surface area contributed by atoms with Crippen molar-refractivity contribution in [3.8, 4) is 11.5 Å². The van der Waals surface area contributed by atoms with Gasteiger partial charge in [-0.05, 0) is 46.5 Å². The molecule has 1 aliphatic rings. The molecule has 160 valence electrons. The van der Waals surface area contributed by atoms with E-state index in [0.29, 0.717) is 11.1 Å². The third-order valence-corrected chi connectivity index (χ3v) is 5.86. The standard InChI is InChI=1S/C30H22O3/c1-33-25-18-14-23(15-19-25)27-26(22-12-16-24(31)17-13-22)28(20-8-4-2-5-9-20)30(32)29(27)21-10-6-3-7-11-21/h2-19,31H,1H3. The molecule has 0 spiro atoms. The first-order chi connectivity index (χ1) is 16.2. The van der Waals surface area contributed by atoms with Gasteiger partial charge in [0.2, 0.25) is 0 Å². The molecule has 0 saturated carbocycles. The van der Waals surface area contributed by atoms with E-state index in [1.54, 1.807) is 19.2 Å². The first-order valence-corrected chi connectivity index (χ1v) is 10.8. The molecule has 0 bridgehead atoms. The van der Waals surface area contributed by atoms with Crippen LogP contribution in [-0.4, -0.2) is 18.0 Å². The molecule has 1 N–H and O–H groups in total. The third kappa shape index (κ3) is 3.74. The Hall–Kier alpha value is -4.37. The Morgan fingerprint density at radius 1 is 0.515 bits per heavy atom. The van der Waals surface area contributed by atoms with E-state index in [9.17, 15) is 9.90 Å². The van der Waals surface area contributed by atoms with Gasteiger partial charge in [-0.25, -0.2) is 0 Å². The van der Waals surface area contributed by atoms with Gasteiger partial charge in [0.05, 0.1) is 7.11 Å². The maximum absolute atomic E-state index is 14.1. The molecule has 0 saturated heterocycles. The van der Waals surface area contributed by atoms with E-state index >= 15 is 0 Å². The highest BCUT2D eigenvalue weighted by Crippen LogP contribution is 2.49. The molecule has 3 heteroatoms. The number of ketones is 1. The van der Waals surface area contributed by atoms with Crippen molar-refractivity contribution in [3.05, 3.63) is 131 Å². The average molecular weight is 431 g/mol. The van der Waals surface area contributed by atoms with Crippen LogP contribution in [0.4, 0.5) is 0 Å². The molecule has 0 aromatic heterocycles. The van der Waals surface area contributed by atoms with E-state index < -0.39 is 0 Å². The number of rotatable bonds is 5. The Balaban J connectivity index is 1.85. The number of carbonyl (C=O) groups excluding carboxylic acids is 1. The van der Waals surface area contributed by atoms with E-state index in [1.807, 2.05) is 97.1 Å². The van der Waals surface area contributed by atoms with E-state index in [-0.39, 0.29) is 11.5 Å². The Morgan fingerprint density at radius 3 is 1.33 bits per heavy atom. The molecule has 0 unspecified atom stereocenters. The van der Waals surface area contributed by atoms with Crippen molar-refractivity contribution in [1.29, 1.82) is 0 Å². The third-order valence-electron chi connectivity index (χ3n) is 5.86. The van der Waals surface area contributed by atoms with Gasteiger partial charge in [-0.15, -0.1) is 0 Å². The normalized spacial score (nSPS) is 13.5. The number of phenolic OH excluding ortho intramolecular Hbond substituents is 1. The Morgan fingerprint density at radius 2 is 0.909 bits per heavy atom. The summed E-state index contributed by atoms with van der Waals surface area (Å²) < 4.78 is 5.36. The van der Waals surface area contributed by atoms with Crippen molar-refractivity contribution in [2.24, 2.45) is 0 Å². The molecule has 4 aromatic carbocycles. The Bertz CT molecular complexity index is 1360. The van der Waals surface area contributed by atoms with E-state index in [0.717, 1.165) is 39.1 Å². The second-order valence-corrected chi connectivity index (χ2v) is 7.84. The lowest BCUT2D eigenvalue weighted by atomic mass is 9.89. The molecule has 3 nitrogen and oxygen atoms in total. The minimum absolute atomic E-state index is 0.0127. The van der Waals surface area contributed by atoms with Crippen LogP contribution in [0.1, 0.15) is 22.3 Å². The molecule has 5 rings (SSSR count). The monoisotopic (exact) mass is 430 g/mol. The summed E-state index contributed by atoms with van der Waals surface area (Å²) in [5, 5.41) is 9.90. The maximum Gasteiger partial charge on any atom is 0.195 e. The zero-order chi connectivity index (χ0) is 22.8. The summed E-state index contributed by atoms with van der Waals surface area (Å²) in [6, 6.07) is 34.4. The number of methoxy groups -OCH3 is 1. The van der Waals surface area contributed by atoms with Crippen molar-refractivity contribution in [3.63, 3.8) is 0 Å². The summed E-state index contributed by atoms with van der Waals surface area (Å²) in [6.45, 7) is 0. The summed E-state index contributed by atoms with van der Waals surface area (Å²) in [4.78, 5) is 14.1. The lowest BCUT2D eigenvalue weighted by Crippen LogP contribution is -2.01. The number of benzene rings is 4. The SMILES string of the molecule is COc1ccc(C2=C(c3ccccc3)C(=O)C(c3ccccc3)=C2c2ccc(O)cc2)cc1. The number of hydrogen-bond donors (Lipinski definition) is 1. The van der Waals surface area contributed by atoms with E-state index in [4.69, 9.17) is 4.74 Å². The van der Waals surface area contributed by atoms with Gasteiger partial charge in [0, 0.05) is 22.3 Å². The van der Waals surface area contributed by atoms with Gasteiger partial charge in [0.25, 0.3) is 0 Å². The maximum atomic E-state index is 14.1. The van der Waals surface area contributed by atoms with Crippen LogP contribution in [0.15, 0.2) is 109 Å². The van der Waals surface area contributed by atoms with Crippen molar-refractivity contribution >= 4 is 28.1 Å².